The van der Waals surface area contributed by atoms with Crippen LogP contribution in [-0.4, -0.2) is 21.6 Å². The minimum absolute atomic E-state index is 0.0883. The quantitative estimate of drug-likeness (QED) is 0.611. The first-order valence-electron chi connectivity index (χ1n) is 7.24. The number of carbonyl (C=O) groups excluding carboxylic acids is 2. The summed E-state index contributed by atoms with van der Waals surface area (Å²) in [6.07, 6.45) is 0. The third-order valence-corrected chi connectivity index (χ3v) is 4.88. The molecule has 1 aliphatic rings. The Morgan fingerprint density at radius 1 is 0.926 bits per heavy atom. The van der Waals surface area contributed by atoms with Crippen molar-refractivity contribution in [2.24, 2.45) is 0 Å². The molecule has 142 valence electrons. The second-order valence-corrected chi connectivity index (χ2v) is 8.40. The topological polar surface area (TPSA) is 76.7 Å². The van der Waals surface area contributed by atoms with E-state index < -0.39 is 21.6 Å². The van der Waals surface area contributed by atoms with Crippen molar-refractivity contribution in [3.05, 3.63) is 58.1 Å². The van der Waals surface area contributed by atoms with Crippen LogP contribution >= 0.6 is 58.0 Å². The number of imide groups is 1. The fourth-order valence-electron chi connectivity index (χ4n) is 2.18. The third-order valence-electron chi connectivity index (χ3n) is 3.41. The van der Waals surface area contributed by atoms with Crippen LogP contribution < -0.4 is 20.1 Å². The molecule has 2 aromatic carbocycles. The molecule has 0 spiro atoms. The van der Waals surface area contributed by atoms with E-state index in [1.807, 2.05) is 0 Å². The van der Waals surface area contributed by atoms with Gasteiger partial charge in [-0.3, -0.25) is 15.4 Å². The molecule has 0 saturated carbocycles. The number of rotatable bonds is 2. The average molecular weight is 471 g/mol. The van der Waals surface area contributed by atoms with Gasteiger partial charge >= 0.3 is 11.9 Å². The number of fused-ring (bicyclic) bond motifs is 1. The van der Waals surface area contributed by atoms with Crippen LogP contribution in [0.5, 0.6) is 11.5 Å². The lowest BCUT2D eigenvalue weighted by molar-refractivity contribution is -0.0930. The monoisotopic (exact) mass is 468 g/mol. The average Bonchev–Trinajstić information content (AvgIpc) is 2.94. The molecule has 0 unspecified atom stereocenters. The maximum Gasteiger partial charge on any atom is 0.389 e. The molecule has 2 aromatic rings. The van der Waals surface area contributed by atoms with Crippen molar-refractivity contribution >= 4 is 69.9 Å². The van der Waals surface area contributed by atoms with E-state index in [4.69, 9.17) is 67.5 Å². The van der Waals surface area contributed by atoms with Gasteiger partial charge < -0.3 is 9.47 Å². The number of nitrogens with one attached hydrogen (secondary N) is 2. The Bertz CT molecular complexity index is 871. The SMILES string of the molecule is O=C(NC(=O)c1ccccc1)NC1(C(Cl)(Cl)Cl)Oc2cc(Cl)c(Cl)cc2O1. The van der Waals surface area contributed by atoms with Crippen LogP contribution in [0.1, 0.15) is 10.4 Å². The molecule has 0 atom stereocenters. The molecular weight excluding hydrogens is 461 g/mol. The predicted octanol–water partition coefficient (Wildman–Crippen LogP) is 4.93. The van der Waals surface area contributed by atoms with Gasteiger partial charge in [-0.15, -0.1) is 0 Å². The van der Waals surface area contributed by atoms with Crippen LogP contribution in [0.3, 0.4) is 0 Å². The zero-order valence-electron chi connectivity index (χ0n) is 13.1. The molecule has 6 nitrogen and oxygen atoms in total. The normalized spacial score (nSPS) is 14.6. The van der Waals surface area contributed by atoms with Crippen LogP contribution in [0.2, 0.25) is 10.0 Å². The number of alkyl halides is 3. The molecule has 0 fully saturated rings. The maximum atomic E-state index is 12.3. The fourth-order valence-corrected chi connectivity index (χ4v) is 2.86. The van der Waals surface area contributed by atoms with Gasteiger partial charge in [0.2, 0.25) is 0 Å². The lowest BCUT2D eigenvalue weighted by atomic mass is 10.2. The van der Waals surface area contributed by atoms with Gasteiger partial charge in [0, 0.05) is 17.7 Å². The van der Waals surface area contributed by atoms with Crippen LogP contribution in [-0.2, 0) is 0 Å². The Labute approximate surface area is 178 Å². The van der Waals surface area contributed by atoms with E-state index >= 15 is 0 Å². The van der Waals surface area contributed by atoms with Crippen LogP contribution in [0.25, 0.3) is 0 Å². The summed E-state index contributed by atoms with van der Waals surface area (Å²) in [5.41, 5.74) is 0.255. The minimum Gasteiger partial charge on any atom is -0.428 e. The number of amides is 3. The van der Waals surface area contributed by atoms with E-state index in [0.29, 0.717) is 0 Å². The zero-order chi connectivity index (χ0) is 19.8. The molecule has 0 aromatic heterocycles. The van der Waals surface area contributed by atoms with Crippen molar-refractivity contribution in [1.29, 1.82) is 0 Å². The summed E-state index contributed by atoms with van der Waals surface area (Å²) in [5, 5.41) is 4.65. The van der Waals surface area contributed by atoms with E-state index in [9.17, 15) is 9.59 Å². The molecule has 0 aliphatic carbocycles. The van der Waals surface area contributed by atoms with Gasteiger partial charge in [-0.2, -0.15) is 0 Å². The maximum absolute atomic E-state index is 12.3. The Balaban J connectivity index is 1.81. The summed E-state index contributed by atoms with van der Waals surface area (Å²) in [5.74, 6) is -2.75. The van der Waals surface area contributed by atoms with Crippen LogP contribution in [0, 0.1) is 0 Å². The lowest BCUT2D eigenvalue weighted by Gasteiger charge is -2.33. The predicted molar refractivity (Wildman–Crippen MR) is 103 cm³/mol. The van der Waals surface area contributed by atoms with Gasteiger partial charge in [0.15, 0.2) is 11.5 Å². The first-order chi connectivity index (χ1) is 12.6. The summed E-state index contributed by atoms with van der Waals surface area (Å²) in [7, 11) is 0. The molecule has 0 radical (unpaired) electrons. The Morgan fingerprint density at radius 2 is 1.44 bits per heavy atom. The summed E-state index contributed by atoms with van der Waals surface area (Å²) in [4.78, 5) is 24.4. The molecule has 1 heterocycles. The summed E-state index contributed by atoms with van der Waals surface area (Å²) in [6.45, 7) is 0. The van der Waals surface area contributed by atoms with E-state index in [1.165, 1.54) is 24.3 Å². The van der Waals surface area contributed by atoms with Crippen LogP contribution in [0.4, 0.5) is 4.79 Å². The van der Waals surface area contributed by atoms with Gasteiger partial charge in [0.1, 0.15) is 0 Å². The summed E-state index contributed by atoms with van der Waals surface area (Å²) >= 11 is 29.7. The molecule has 2 N–H and O–H groups in total. The lowest BCUT2D eigenvalue weighted by Crippen LogP contribution is -2.65. The summed E-state index contributed by atoms with van der Waals surface area (Å²) < 4.78 is 8.74. The smallest absolute Gasteiger partial charge is 0.389 e. The van der Waals surface area contributed by atoms with Gasteiger partial charge in [-0.05, 0) is 12.1 Å². The van der Waals surface area contributed by atoms with Gasteiger partial charge in [-0.1, -0.05) is 76.2 Å². The van der Waals surface area contributed by atoms with Crippen molar-refractivity contribution in [3.63, 3.8) is 0 Å². The highest BCUT2D eigenvalue weighted by molar-refractivity contribution is 6.68. The highest BCUT2D eigenvalue weighted by Crippen LogP contribution is 2.50. The number of urea groups is 1. The number of hydrogen-bond donors (Lipinski definition) is 2. The van der Waals surface area contributed by atoms with Gasteiger partial charge in [0.05, 0.1) is 10.0 Å². The second kappa shape index (κ2) is 7.45. The number of carbonyl (C=O) groups is 2. The summed E-state index contributed by atoms with van der Waals surface area (Å²) in [6, 6.07) is 9.72. The molecular formula is C16H9Cl5N2O4. The molecule has 3 rings (SSSR count). The molecule has 27 heavy (non-hydrogen) atoms. The van der Waals surface area contributed by atoms with Crippen LogP contribution in [0.15, 0.2) is 42.5 Å². The third kappa shape index (κ3) is 4.15. The van der Waals surface area contributed by atoms with Gasteiger partial charge in [0.25, 0.3) is 9.70 Å². The standard InChI is InChI=1S/C16H9Cl5N2O4/c17-9-6-11-12(7-10(9)18)27-16(26-11,15(19,20)21)23-14(25)22-13(24)8-4-2-1-3-5-8/h1-7H,(H2,22,23,24,25). The first kappa shape index (κ1) is 20.2. The van der Waals surface area contributed by atoms with E-state index in [0.717, 1.165) is 0 Å². The van der Waals surface area contributed by atoms with E-state index in [-0.39, 0.29) is 27.1 Å². The van der Waals surface area contributed by atoms with Crippen molar-refractivity contribution in [2.75, 3.05) is 0 Å². The number of ether oxygens (including phenoxy) is 2. The molecule has 11 heteroatoms. The largest absolute Gasteiger partial charge is 0.428 e. The highest BCUT2D eigenvalue weighted by atomic mass is 35.6. The first-order valence-corrected chi connectivity index (χ1v) is 9.12. The number of hydrogen-bond acceptors (Lipinski definition) is 4. The minimum atomic E-state index is -2.28. The number of benzene rings is 2. The van der Waals surface area contributed by atoms with E-state index in [1.54, 1.807) is 18.2 Å². The number of halogens is 5. The molecule has 1 aliphatic heterocycles. The Morgan fingerprint density at radius 3 is 1.93 bits per heavy atom. The molecule has 0 bridgehead atoms. The second-order valence-electron chi connectivity index (χ2n) is 5.31. The zero-order valence-corrected chi connectivity index (χ0v) is 16.8. The van der Waals surface area contributed by atoms with Crippen molar-refractivity contribution in [2.45, 2.75) is 9.70 Å². The van der Waals surface area contributed by atoms with E-state index in [2.05, 4.69) is 10.6 Å². The molecule has 3 amide bonds. The van der Waals surface area contributed by atoms with Crippen molar-refractivity contribution in [1.82, 2.24) is 10.6 Å². The highest BCUT2D eigenvalue weighted by Gasteiger charge is 2.60. The van der Waals surface area contributed by atoms with Gasteiger partial charge in [-0.25, -0.2) is 4.79 Å². The van der Waals surface area contributed by atoms with Crippen molar-refractivity contribution < 1.29 is 19.1 Å². The van der Waals surface area contributed by atoms with Crippen molar-refractivity contribution in [3.8, 4) is 11.5 Å². The Hall–Kier alpha value is -1.57. The fraction of sp³-hybridized carbons (Fsp3) is 0.125. The Kier molecular flexibility index (Phi) is 5.57. The molecule has 0 saturated heterocycles.